The normalized spacial score (nSPS) is 21.5. The Bertz CT molecular complexity index is 744. The number of benzene rings is 2. The SMILES string of the molecule is [B]c1ccc([C@H](C)N2CC[C@@](CC=C)(c3ccccc3)OC2=O)cc1. The largest absolute Gasteiger partial charge is 0.437 e. The molecular weight excluding hydrogens is 309 g/mol. The standard InChI is InChI=1S/C21H22BNO2/c1-3-13-21(18-7-5-4-6-8-18)14-15-23(20(24)25-21)16(2)17-9-11-19(22)12-10-17/h3-12,16H,1,13-15H2,2H3/t16-,21-/m0/s1. The first kappa shape index (κ1) is 17.3. The van der Waals surface area contributed by atoms with Gasteiger partial charge in [-0.25, -0.2) is 4.79 Å². The Kier molecular flexibility index (Phi) is 4.98. The zero-order chi connectivity index (χ0) is 17.9. The second-order valence-corrected chi connectivity index (χ2v) is 6.51. The fraction of sp³-hybridized carbons (Fsp3) is 0.286. The van der Waals surface area contributed by atoms with E-state index < -0.39 is 5.60 Å². The average Bonchev–Trinajstić information content (AvgIpc) is 2.63. The third kappa shape index (κ3) is 3.48. The highest BCUT2D eigenvalue weighted by molar-refractivity contribution is 6.32. The lowest BCUT2D eigenvalue weighted by atomic mass is 9.85. The Morgan fingerprint density at radius 3 is 2.52 bits per heavy atom. The fourth-order valence-corrected chi connectivity index (χ4v) is 3.42. The van der Waals surface area contributed by atoms with Crippen LogP contribution in [-0.2, 0) is 10.3 Å². The van der Waals surface area contributed by atoms with Gasteiger partial charge in [0.15, 0.2) is 0 Å². The van der Waals surface area contributed by atoms with Gasteiger partial charge in [-0.2, -0.15) is 0 Å². The van der Waals surface area contributed by atoms with Crippen molar-refractivity contribution >= 4 is 19.4 Å². The smallest absolute Gasteiger partial charge is 0.411 e. The summed E-state index contributed by atoms with van der Waals surface area (Å²) in [5, 5.41) is 0. The van der Waals surface area contributed by atoms with Crippen molar-refractivity contribution in [2.24, 2.45) is 0 Å². The summed E-state index contributed by atoms with van der Waals surface area (Å²) in [6, 6.07) is 17.5. The molecular formula is C21H22BNO2. The lowest BCUT2D eigenvalue weighted by Crippen LogP contribution is -2.48. The minimum absolute atomic E-state index is 0.0643. The van der Waals surface area contributed by atoms with E-state index in [1.54, 1.807) is 4.90 Å². The van der Waals surface area contributed by atoms with Gasteiger partial charge in [-0.1, -0.05) is 66.1 Å². The van der Waals surface area contributed by atoms with Gasteiger partial charge in [0, 0.05) is 19.4 Å². The number of cyclic esters (lactones) is 1. The summed E-state index contributed by atoms with van der Waals surface area (Å²) >= 11 is 0. The van der Waals surface area contributed by atoms with Crippen LogP contribution in [0.5, 0.6) is 0 Å². The fourth-order valence-electron chi connectivity index (χ4n) is 3.42. The molecule has 3 nitrogen and oxygen atoms in total. The molecule has 0 aliphatic carbocycles. The molecule has 1 aliphatic rings. The zero-order valence-electron chi connectivity index (χ0n) is 14.5. The van der Waals surface area contributed by atoms with E-state index in [9.17, 15) is 4.79 Å². The van der Waals surface area contributed by atoms with Crippen molar-refractivity contribution in [3.05, 3.63) is 78.4 Å². The van der Waals surface area contributed by atoms with Crippen molar-refractivity contribution in [3.8, 4) is 0 Å². The van der Waals surface area contributed by atoms with Crippen LogP contribution in [0.4, 0.5) is 4.79 Å². The van der Waals surface area contributed by atoms with Crippen molar-refractivity contribution < 1.29 is 9.53 Å². The van der Waals surface area contributed by atoms with Crippen LogP contribution in [-0.4, -0.2) is 25.4 Å². The van der Waals surface area contributed by atoms with Gasteiger partial charge < -0.3 is 9.64 Å². The molecule has 2 aromatic carbocycles. The molecule has 3 rings (SSSR count). The number of ether oxygens (including phenoxy) is 1. The molecule has 1 heterocycles. The molecule has 2 aromatic rings. The molecule has 2 atom stereocenters. The lowest BCUT2D eigenvalue weighted by Gasteiger charge is -2.43. The van der Waals surface area contributed by atoms with Crippen LogP contribution in [0.15, 0.2) is 67.3 Å². The maximum atomic E-state index is 12.8. The van der Waals surface area contributed by atoms with Crippen molar-refractivity contribution in [2.75, 3.05) is 6.54 Å². The molecule has 25 heavy (non-hydrogen) atoms. The van der Waals surface area contributed by atoms with E-state index in [1.165, 1.54) is 0 Å². The van der Waals surface area contributed by atoms with Crippen molar-refractivity contribution in [3.63, 3.8) is 0 Å². The topological polar surface area (TPSA) is 29.5 Å². The summed E-state index contributed by atoms with van der Waals surface area (Å²) in [4.78, 5) is 14.6. The molecule has 1 aliphatic heterocycles. The highest BCUT2D eigenvalue weighted by Crippen LogP contribution is 2.39. The minimum atomic E-state index is -0.628. The summed E-state index contributed by atoms with van der Waals surface area (Å²) in [6.07, 6.45) is 2.86. The Morgan fingerprint density at radius 1 is 1.24 bits per heavy atom. The zero-order valence-corrected chi connectivity index (χ0v) is 14.5. The van der Waals surface area contributed by atoms with Crippen molar-refractivity contribution in [1.82, 2.24) is 4.90 Å². The van der Waals surface area contributed by atoms with E-state index >= 15 is 0 Å². The lowest BCUT2D eigenvalue weighted by molar-refractivity contribution is -0.0588. The summed E-state index contributed by atoms with van der Waals surface area (Å²) in [7, 11) is 5.75. The highest BCUT2D eigenvalue weighted by atomic mass is 16.6. The third-order valence-electron chi connectivity index (χ3n) is 4.93. The molecule has 4 heteroatoms. The van der Waals surface area contributed by atoms with Gasteiger partial charge in [0.2, 0.25) is 0 Å². The molecule has 0 aromatic heterocycles. The Balaban J connectivity index is 1.82. The van der Waals surface area contributed by atoms with Crippen LogP contribution in [0, 0.1) is 0 Å². The maximum Gasteiger partial charge on any atom is 0.411 e. The van der Waals surface area contributed by atoms with Gasteiger partial charge in [0.25, 0.3) is 0 Å². The van der Waals surface area contributed by atoms with Crippen molar-refractivity contribution in [1.29, 1.82) is 0 Å². The number of carbonyl (C=O) groups is 1. The van der Waals surface area contributed by atoms with Crippen LogP contribution in [0.2, 0.25) is 0 Å². The molecule has 1 saturated heterocycles. The van der Waals surface area contributed by atoms with Crippen LogP contribution in [0.3, 0.4) is 0 Å². The van der Waals surface area contributed by atoms with Gasteiger partial charge in [-0.15, -0.1) is 6.58 Å². The second kappa shape index (κ2) is 7.18. The molecule has 2 radical (unpaired) electrons. The summed E-state index contributed by atoms with van der Waals surface area (Å²) in [5.74, 6) is 0. The van der Waals surface area contributed by atoms with Gasteiger partial charge in [0.05, 0.1) is 6.04 Å². The number of amides is 1. The van der Waals surface area contributed by atoms with E-state index in [0.717, 1.165) is 17.5 Å². The molecule has 1 fully saturated rings. The molecule has 0 N–H and O–H groups in total. The minimum Gasteiger partial charge on any atom is -0.437 e. The summed E-state index contributed by atoms with van der Waals surface area (Å²) < 4.78 is 5.97. The second-order valence-electron chi connectivity index (χ2n) is 6.51. The number of hydrogen-bond acceptors (Lipinski definition) is 2. The molecule has 0 saturated carbocycles. The maximum absolute atomic E-state index is 12.8. The van der Waals surface area contributed by atoms with E-state index in [-0.39, 0.29) is 12.1 Å². The number of nitrogens with zero attached hydrogens (tertiary/aromatic N) is 1. The quantitative estimate of drug-likeness (QED) is 0.615. The number of rotatable bonds is 5. The van der Waals surface area contributed by atoms with Gasteiger partial charge in [0.1, 0.15) is 13.4 Å². The van der Waals surface area contributed by atoms with E-state index in [1.807, 2.05) is 67.6 Å². The Hall–Kier alpha value is -2.49. The van der Waals surface area contributed by atoms with Gasteiger partial charge in [-0.3, -0.25) is 0 Å². The van der Waals surface area contributed by atoms with Crippen molar-refractivity contribution in [2.45, 2.75) is 31.4 Å². The Labute approximate surface area is 150 Å². The molecule has 0 spiro atoms. The first-order valence-electron chi connectivity index (χ1n) is 8.57. The first-order chi connectivity index (χ1) is 12.1. The number of carbonyl (C=O) groups excluding carboxylic acids is 1. The number of hydrogen-bond donors (Lipinski definition) is 0. The van der Waals surface area contributed by atoms with Crippen LogP contribution in [0.1, 0.15) is 36.9 Å². The third-order valence-corrected chi connectivity index (χ3v) is 4.93. The van der Waals surface area contributed by atoms with Crippen LogP contribution in [0.25, 0.3) is 0 Å². The van der Waals surface area contributed by atoms with E-state index in [2.05, 4.69) is 6.58 Å². The Morgan fingerprint density at radius 2 is 1.92 bits per heavy atom. The van der Waals surface area contributed by atoms with Crippen LogP contribution >= 0.6 is 0 Å². The van der Waals surface area contributed by atoms with E-state index in [4.69, 9.17) is 12.6 Å². The van der Waals surface area contributed by atoms with Gasteiger partial charge in [-0.05, 0) is 18.1 Å². The monoisotopic (exact) mass is 331 g/mol. The van der Waals surface area contributed by atoms with E-state index in [0.29, 0.717) is 18.4 Å². The predicted octanol–water partition coefficient (Wildman–Crippen LogP) is 3.86. The molecule has 0 bridgehead atoms. The molecule has 0 unspecified atom stereocenters. The molecule has 126 valence electrons. The predicted molar refractivity (Wildman–Crippen MR) is 101 cm³/mol. The first-order valence-corrected chi connectivity index (χ1v) is 8.57. The van der Waals surface area contributed by atoms with Crippen LogP contribution < -0.4 is 5.46 Å². The van der Waals surface area contributed by atoms with Gasteiger partial charge >= 0.3 is 6.09 Å². The summed E-state index contributed by atoms with van der Waals surface area (Å²) in [5.41, 5.74) is 2.15. The highest BCUT2D eigenvalue weighted by Gasteiger charge is 2.42. The average molecular weight is 331 g/mol. The summed E-state index contributed by atoms with van der Waals surface area (Å²) in [6.45, 7) is 6.49. The molecule has 1 amide bonds.